The summed E-state index contributed by atoms with van der Waals surface area (Å²) < 4.78 is 16.0. The van der Waals surface area contributed by atoms with Crippen molar-refractivity contribution in [2.75, 3.05) is 5.73 Å². The van der Waals surface area contributed by atoms with E-state index in [4.69, 9.17) is 27.1 Å². The van der Waals surface area contributed by atoms with E-state index in [2.05, 4.69) is 63.5 Å². The lowest BCUT2D eigenvalue weighted by Crippen LogP contribution is -2.51. The van der Waals surface area contributed by atoms with Gasteiger partial charge in [-0.15, -0.1) is 0 Å². The Bertz CT molecular complexity index is 888. The molecule has 0 radical (unpaired) electrons. The molecule has 0 spiro atoms. The molecule has 0 aliphatic carbocycles. The first kappa shape index (κ1) is 22.4. The predicted molar refractivity (Wildman–Crippen MR) is 122 cm³/mol. The van der Waals surface area contributed by atoms with Crippen molar-refractivity contribution in [1.29, 1.82) is 0 Å². The fourth-order valence-electron chi connectivity index (χ4n) is 5.23. The van der Waals surface area contributed by atoms with E-state index < -0.39 is 8.32 Å². The normalized spacial score (nSPS) is 23.2. The fourth-order valence-corrected chi connectivity index (χ4v) is 11.1. The van der Waals surface area contributed by atoms with Crippen LogP contribution in [0.25, 0.3) is 11.0 Å². The molecule has 0 saturated carbocycles. The summed E-state index contributed by atoms with van der Waals surface area (Å²) in [6.07, 6.45) is 3.02. The molecular formula is C20H35N5O2SSi. The highest BCUT2D eigenvalue weighted by Gasteiger charge is 2.49. The van der Waals surface area contributed by atoms with Crippen molar-refractivity contribution in [3.05, 3.63) is 11.0 Å². The number of hydrogen-bond donors (Lipinski definition) is 2. The number of nitrogen functional groups attached to an aromatic ring is 1. The lowest BCUT2D eigenvalue weighted by Gasteiger charge is -2.44. The second-order valence-corrected chi connectivity index (χ2v) is 14.8. The van der Waals surface area contributed by atoms with Crippen LogP contribution in [0, 0.1) is 4.64 Å². The third-order valence-corrected chi connectivity index (χ3v) is 12.9. The van der Waals surface area contributed by atoms with Crippen LogP contribution in [0.2, 0.25) is 16.6 Å². The van der Waals surface area contributed by atoms with Gasteiger partial charge < -0.3 is 14.9 Å². The van der Waals surface area contributed by atoms with E-state index in [0.29, 0.717) is 38.1 Å². The Morgan fingerprint density at radius 2 is 1.86 bits per heavy atom. The highest BCUT2D eigenvalue weighted by Crippen LogP contribution is 2.46. The molecule has 3 heterocycles. The van der Waals surface area contributed by atoms with E-state index in [0.717, 1.165) is 12.8 Å². The number of hydrogen-bond acceptors (Lipinski definition) is 6. The summed E-state index contributed by atoms with van der Waals surface area (Å²) in [5.74, 6) is 0.388. The minimum Gasteiger partial charge on any atom is -0.410 e. The molecule has 3 atom stereocenters. The molecule has 7 nitrogen and oxygen atoms in total. The average molecular weight is 438 g/mol. The molecular weight excluding hydrogens is 402 g/mol. The number of nitrogens with zero attached hydrogens (tertiary/aromatic N) is 3. The second kappa shape index (κ2) is 8.45. The zero-order valence-corrected chi connectivity index (χ0v) is 20.4. The lowest BCUT2D eigenvalue weighted by atomic mass is 10.1. The first-order valence-corrected chi connectivity index (χ1v) is 13.2. The van der Waals surface area contributed by atoms with Gasteiger partial charge >= 0.3 is 0 Å². The van der Waals surface area contributed by atoms with Gasteiger partial charge in [-0.05, 0) is 23.0 Å². The van der Waals surface area contributed by atoms with Crippen molar-refractivity contribution in [1.82, 2.24) is 19.7 Å². The topological polar surface area (TPSA) is 91.0 Å². The van der Waals surface area contributed by atoms with E-state index in [-0.39, 0.29) is 18.4 Å². The molecule has 29 heavy (non-hydrogen) atoms. The van der Waals surface area contributed by atoms with E-state index in [1.165, 1.54) is 6.33 Å². The Morgan fingerprint density at radius 3 is 2.41 bits per heavy atom. The molecule has 9 heteroatoms. The number of ether oxygens (including phenoxy) is 1. The number of aromatic nitrogens is 4. The van der Waals surface area contributed by atoms with Crippen LogP contribution in [0.4, 0.5) is 5.82 Å². The van der Waals surface area contributed by atoms with Crippen LogP contribution in [-0.2, 0) is 9.16 Å². The Balaban J connectivity index is 1.95. The molecule has 3 N–H and O–H groups in total. The van der Waals surface area contributed by atoms with E-state index in [1.54, 1.807) is 0 Å². The number of nitrogens with one attached hydrogen (secondary N) is 1. The van der Waals surface area contributed by atoms with Crippen LogP contribution in [0.15, 0.2) is 6.33 Å². The van der Waals surface area contributed by atoms with Gasteiger partial charge in [-0.25, -0.2) is 14.6 Å². The van der Waals surface area contributed by atoms with Crippen molar-refractivity contribution < 1.29 is 9.16 Å². The number of aromatic amines is 1. The van der Waals surface area contributed by atoms with Crippen LogP contribution in [0.1, 0.15) is 67.5 Å². The van der Waals surface area contributed by atoms with Crippen molar-refractivity contribution in [2.24, 2.45) is 0 Å². The SMILES string of the molecule is CC[C@H]1O[C@@H](n2[nH]c(=S)c3c(N)ncnc32)C[C@@H]1O[Si](C(C)C)(C(C)C)C(C)C. The van der Waals surface area contributed by atoms with Gasteiger partial charge in [0.1, 0.15) is 16.8 Å². The summed E-state index contributed by atoms with van der Waals surface area (Å²) in [7, 11) is -2.00. The number of rotatable bonds is 7. The molecule has 0 bridgehead atoms. The average Bonchev–Trinajstić information content (AvgIpc) is 3.20. The molecule has 2 aromatic rings. The summed E-state index contributed by atoms with van der Waals surface area (Å²) in [5, 5.41) is 3.89. The van der Waals surface area contributed by atoms with Crippen molar-refractivity contribution >= 4 is 37.4 Å². The maximum absolute atomic E-state index is 7.08. The van der Waals surface area contributed by atoms with Gasteiger partial charge in [0, 0.05) is 6.42 Å². The van der Waals surface area contributed by atoms with Gasteiger partial charge in [0.2, 0.25) is 8.32 Å². The molecule has 0 amide bonds. The lowest BCUT2D eigenvalue weighted by molar-refractivity contribution is -0.0218. The maximum atomic E-state index is 7.08. The summed E-state index contributed by atoms with van der Waals surface area (Å²) in [4.78, 5) is 8.47. The van der Waals surface area contributed by atoms with Gasteiger partial charge in [0.05, 0.1) is 17.6 Å². The van der Waals surface area contributed by atoms with Gasteiger partial charge in [0.15, 0.2) is 11.9 Å². The minimum atomic E-state index is -2.00. The predicted octanol–water partition coefficient (Wildman–Crippen LogP) is 5.33. The molecule has 0 aromatic carbocycles. The highest BCUT2D eigenvalue weighted by atomic mass is 32.1. The summed E-state index contributed by atoms with van der Waals surface area (Å²) in [5.41, 5.74) is 8.30. The number of anilines is 1. The quantitative estimate of drug-likeness (QED) is 0.449. The van der Waals surface area contributed by atoms with Gasteiger partial charge in [-0.2, -0.15) is 0 Å². The highest BCUT2D eigenvalue weighted by molar-refractivity contribution is 7.71. The molecule has 1 aliphatic heterocycles. The molecule has 162 valence electrons. The maximum Gasteiger partial charge on any atom is 0.200 e. The van der Waals surface area contributed by atoms with Crippen LogP contribution in [0.5, 0.6) is 0 Å². The Morgan fingerprint density at radius 1 is 1.24 bits per heavy atom. The van der Waals surface area contributed by atoms with Crippen LogP contribution < -0.4 is 5.73 Å². The minimum absolute atomic E-state index is 0.0433. The van der Waals surface area contributed by atoms with Crippen LogP contribution >= 0.6 is 12.2 Å². The summed E-state index contributed by atoms with van der Waals surface area (Å²) in [6, 6.07) is 0. The monoisotopic (exact) mass is 437 g/mol. The van der Waals surface area contributed by atoms with Crippen molar-refractivity contribution in [3.8, 4) is 0 Å². The fraction of sp³-hybridized carbons (Fsp3) is 0.750. The molecule has 0 unspecified atom stereocenters. The molecule has 1 aliphatic rings. The summed E-state index contributed by atoms with van der Waals surface area (Å²) in [6.45, 7) is 16.1. The Hall–Kier alpha value is -1.29. The van der Waals surface area contributed by atoms with Crippen LogP contribution in [-0.4, -0.2) is 40.3 Å². The van der Waals surface area contributed by atoms with Crippen molar-refractivity contribution in [3.63, 3.8) is 0 Å². The molecule has 3 rings (SSSR count). The van der Waals surface area contributed by atoms with Gasteiger partial charge in [-0.3, -0.25) is 5.10 Å². The van der Waals surface area contributed by atoms with Crippen LogP contribution in [0.3, 0.4) is 0 Å². The van der Waals surface area contributed by atoms with E-state index >= 15 is 0 Å². The smallest absolute Gasteiger partial charge is 0.200 e. The van der Waals surface area contributed by atoms with Crippen molar-refractivity contribution in [2.45, 2.75) is 96.4 Å². The Kier molecular flexibility index (Phi) is 6.52. The van der Waals surface area contributed by atoms with E-state index in [1.807, 2.05) is 4.68 Å². The molecule has 2 aromatic heterocycles. The van der Waals surface area contributed by atoms with Gasteiger partial charge in [-0.1, -0.05) is 60.7 Å². The first-order valence-electron chi connectivity index (χ1n) is 10.7. The summed E-state index contributed by atoms with van der Waals surface area (Å²) >= 11 is 5.46. The Labute approximate surface area is 179 Å². The molecule has 1 fully saturated rings. The standard InChI is InChI=1S/C20H35N5O2SSi/c1-8-14-15(27-29(11(2)3,12(4)5)13(6)7)9-16(26-14)25-19-17(20(28)24-25)18(21)22-10-23-19/h10-16H,8-9H2,1-7H3,(H,24,28)(H2,21,22,23)/t14-,15+,16-/m1/s1. The van der Waals surface area contributed by atoms with E-state index in [9.17, 15) is 0 Å². The number of fused-ring (bicyclic) bond motifs is 1. The third-order valence-electron chi connectivity index (χ3n) is 6.47. The van der Waals surface area contributed by atoms with Gasteiger partial charge in [0.25, 0.3) is 0 Å². The number of H-pyrrole nitrogens is 1. The largest absolute Gasteiger partial charge is 0.410 e. The third kappa shape index (κ3) is 3.78. The number of nitrogens with two attached hydrogens (primary N) is 1. The second-order valence-electron chi connectivity index (χ2n) is 9.02. The first-order chi connectivity index (χ1) is 13.6. The zero-order valence-electron chi connectivity index (χ0n) is 18.6. The zero-order chi connectivity index (χ0) is 21.5. The molecule has 1 saturated heterocycles.